The van der Waals surface area contributed by atoms with Crippen molar-refractivity contribution in [1.82, 2.24) is 15.0 Å². The second-order valence-corrected chi connectivity index (χ2v) is 9.90. The number of aromatic nitrogens is 3. The van der Waals surface area contributed by atoms with Gasteiger partial charge in [-0.05, 0) is 53.1 Å². The molecule has 0 aliphatic carbocycles. The molecular formula is C30H30N6O9. The molecule has 0 amide bonds. The molecule has 15 nitrogen and oxygen atoms in total. The normalized spacial score (nSPS) is 15.2. The highest BCUT2D eigenvalue weighted by atomic mass is 16.8. The van der Waals surface area contributed by atoms with Crippen molar-refractivity contribution < 1.29 is 42.6 Å². The summed E-state index contributed by atoms with van der Waals surface area (Å²) in [7, 11) is 0. The lowest BCUT2D eigenvalue weighted by molar-refractivity contribution is -0.0352. The quantitative estimate of drug-likeness (QED) is 0.248. The van der Waals surface area contributed by atoms with Crippen molar-refractivity contribution in [2.24, 2.45) is 0 Å². The fourth-order valence-corrected chi connectivity index (χ4v) is 4.57. The van der Waals surface area contributed by atoms with Crippen LogP contribution in [-0.2, 0) is 33.8 Å². The Morgan fingerprint density at radius 2 is 0.689 bits per heavy atom. The van der Waals surface area contributed by atoms with Crippen molar-refractivity contribution in [2.45, 2.75) is 19.6 Å². The minimum Gasteiger partial charge on any atom is -0.464 e. The Bertz CT molecular complexity index is 1440. The molecule has 3 aromatic carbocycles. The molecule has 0 radical (unpaired) electrons. The molecule has 0 spiro atoms. The molecule has 0 fully saturated rings. The van der Waals surface area contributed by atoms with Gasteiger partial charge in [-0.3, -0.25) is 0 Å². The van der Waals surface area contributed by atoms with Gasteiger partial charge in [0.25, 0.3) is 0 Å². The van der Waals surface area contributed by atoms with Crippen molar-refractivity contribution >= 4 is 17.8 Å². The summed E-state index contributed by atoms with van der Waals surface area (Å²) in [6.07, 6.45) is 0. The summed E-state index contributed by atoms with van der Waals surface area (Å²) < 4.78 is 49.1. The molecule has 45 heavy (non-hydrogen) atoms. The number of benzene rings is 3. The van der Waals surface area contributed by atoms with Crippen molar-refractivity contribution in [3.8, 4) is 34.5 Å². The molecule has 0 unspecified atom stereocenters. The molecule has 0 saturated heterocycles. The van der Waals surface area contributed by atoms with E-state index in [9.17, 15) is 0 Å². The van der Waals surface area contributed by atoms with Crippen LogP contribution in [0.25, 0.3) is 0 Å². The SMILES string of the molecule is c1cc2c(cc1CNc1nc(NCc3ccc4c(c3)OCOCO4)nc(NCc3ccc4c(c3)OCOCO4)n1)OCOCO2. The number of rotatable bonds is 9. The molecule has 4 heterocycles. The third kappa shape index (κ3) is 7.29. The van der Waals surface area contributed by atoms with Gasteiger partial charge in [0, 0.05) is 19.6 Å². The highest BCUT2D eigenvalue weighted by molar-refractivity contribution is 5.48. The van der Waals surface area contributed by atoms with Crippen molar-refractivity contribution in [3.63, 3.8) is 0 Å². The molecule has 3 N–H and O–H groups in total. The highest BCUT2D eigenvalue weighted by Gasteiger charge is 2.15. The number of nitrogens with one attached hydrogen (secondary N) is 3. The molecule has 3 aliphatic rings. The van der Waals surface area contributed by atoms with Crippen LogP contribution in [0.2, 0.25) is 0 Å². The predicted octanol–water partition coefficient (Wildman–Crippen LogP) is 3.82. The standard InChI is InChI=1S/C30H30N6O9/c1-4-22-25(43-16-37-13-40-22)7-19(1)10-31-28-34-29(32-11-20-2-5-23-26(8-20)44-17-38-14-41-23)36-30(35-28)33-12-21-3-6-24-27(9-21)45-18-39-15-42-24/h1-9H,10-18H2,(H3,31,32,33,34,35,36). The number of hydrogen-bond donors (Lipinski definition) is 3. The van der Waals surface area contributed by atoms with Gasteiger partial charge in [0.05, 0.1) is 0 Å². The van der Waals surface area contributed by atoms with E-state index < -0.39 is 0 Å². The molecule has 7 rings (SSSR count). The number of anilines is 3. The second-order valence-electron chi connectivity index (χ2n) is 9.90. The Kier molecular flexibility index (Phi) is 8.61. The lowest BCUT2D eigenvalue weighted by Gasteiger charge is -2.13. The van der Waals surface area contributed by atoms with Gasteiger partial charge in [-0.2, -0.15) is 15.0 Å². The van der Waals surface area contributed by atoms with Gasteiger partial charge in [-0.25, -0.2) is 0 Å². The average molecular weight is 619 g/mol. The Morgan fingerprint density at radius 3 is 1.00 bits per heavy atom. The summed E-state index contributed by atoms with van der Waals surface area (Å²) >= 11 is 0. The largest absolute Gasteiger partial charge is 0.464 e. The summed E-state index contributed by atoms with van der Waals surface area (Å²) in [5.41, 5.74) is 2.82. The van der Waals surface area contributed by atoms with Crippen LogP contribution in [0.1, 0.15) is 16.7 Å². The zero-order chi connectivity index (χ0) is 30.3. The first kappa shape index (κ1) is 28.5. The van der Waals surface area contributed by atoms with E-state index in [2.05, 4.69) is 30.9 Å². The van der Waals surface area contributed by atoms with Crippen LogP contribution in [0, 0.1) is 0 Å². The third-order valence-electron chi connectivity index (χ3n) is 6.80. The molecule has 0 saturated carbocycles. The van der Waals surface area contributed by atoms with Gasteiger partial charge in [0.2, 0.25) is 17.8 Å². The van der Waals surface area contributed by atoms with Gasteiger partial charge in [-0.15, -0.1) is 0 Å². The number of nitrogens with zero attached hydrogens (tertiary/aromatic N) is 3. The van der Waals surface area contributed by atoms with Crippen LogP contribution in [0.4, 0.5) is 17.8 Å². The van der Waals surface area contributed by atoms with Gasteiger partial charge in [0.1, 0.15) is 0 Å². The van der Waals surface area contributed by atoms with Crippen molar-refractivity contribution in [2.75, 3.05) is 56.7 Å². The molecule has 4 aromatic rings. The van der Waals surface area contributed by atoms with Gasteiger partial charge in [0.15, 0.2) is 75.3 Å². The van der Waals surface area contributed by atoms with Crippen LogP contribution in [0.15, 0.2) is 54.6 Å². The average Bonchev–Trinajstić information content (AvgIpc) is 3.56. The van der Waals surface area contributed by atoms with Gasteiger partial charge < -0.3 is 58.6 Å². The minimum atomic E-state index is 0.121. The minimum absolute atomic E-state index is 0.121. The third-order valence-corrected chi connectivity index (χ3v) is 6.80. The number of hydrogen-bond acceptors (Lipinski definition) is 15. The van der Waals surface area contributed by atoms with Crippen molar-refractivity contribution in [3.05, 3.63) is 71.3 Å². The Balaban J connectivity index is 1.07. The molecule has 0 atom stereocenters. The molecule has 3 aliphatic heterocycles. The summed E-state index contributed by atoms with van der Waals surface area (Å²) in [6.45, 7) is 2.06. The first-order chi connectivity index (χ1) is 22.2. The zero-order valence-electron chi connectivity index (χ0n) is 24.1. The van der Waals surface area contributed by atoms with E-state index >= 15 is 0 Å². The van der Waals surface area contributed by atoms with Crippen LogP contribution < -0.4 is 44.4 Å². The van der Waals surface area contributed by atoms with E-state index in [1.165, 1.54) is 0 Å². The summed E-state index contributed by atoms with van der Waals surface area (Å²) in [4.78, 5) is 13.8. The van der Waals surface area contributed by atoms with Gasteiger partial charge >= 0.3 is 0 Å². The van der Waals surface area contributed by atoms with E-state index in [0.29, 0.717) is 72.0 Å². The van der Waals surface area contributed by atoms with E-state index in [4.69, 9.17) is 42.6 Å². The lowest BCUT2D eigenvalue weighted by Crippen LogP contribution is -2.13. The van der Waals surface area contributed by atoms with E-state index in [0.717, 1.165) is 16.7 Å². The Morgan fingerprint density at radius 1 is 0.400 bits per heavy atom. The van der Waals surface area contributed by atoms with Crippen LogP contribution in [-0.4, -0.2) is 55.7 Å². The van der Waals surface area contributed by atoms with E-state index in [-0.39, 0.29) is 40.8 Å². The van der Waals surface area contributed by atoms with Crippen LogP contribution in [0.5, 0.6) is 34.5 Å². The predicted molar refractivity (Wildman–Crippen MR) is 157 cm³/mol. The summed E-state index contributed by atoms with van der Waals surface area (Å²) in [5, 5.41) is 9.86. The fraction of sp³-hybridized carbons (Fsp3) is 0.300. The molecule has 234 valence electrons. The first-order valence-electron chi connectivity index (χ1n) is 14.1. The van der Waals surface area contributed by atoms with Crippen molar-refractivity contribution in [1.29, 1.82) is 0 Å². The van der Waals surface area contributed by atoms with Gasteiger partial charge in [-0.1, -0.05) is 18.2 Å². The maximum atomic E-state index is 5.63. The molecule has 15 heteroatoms. The first-order valence-corrected chi connectivity index (χ1v) is 14.1. The monoisotopic (exact) mass is 618 g/mol. The number of ether oxygens (including phenoxy) is 9. The number of fused-ring (bicyclic) bond motifs is 3. The summed E-state index contributed by atoms with van der Waals surface area (Å²) in [5.74, 6) is 4.81. The maximum absolute atomic E-state index is 5.63. The highest BCUT2D eigenvalue weighted by Crippen LogP contribution is 2.32. The Labute approximate surface area is 257 Å². The summed E-state index contributed by atoms with van der Waals surface area (Å²) in [6, 6.07) is 17.0. The lowest BCUT2D eigenvalue weighted by atomic mass is 10.2. The molecule has 0 bridgehead atoms. The topological polar surface area (TPSA) is 158 Å². The smallest absolute Gasteiger partial charge is 0.229 e. The molecule has 1 aromatic heterocycles. The fourth-order valence-electron chi connectivity index (χ4n) is 4.57. The van der Waals surface area contributed by atoms with Crippen LogP contribution >= 0.6 is 0 Å². The zero-order valence-corrected chi connectivity index (χ0v) is 24.1. The Hall–Kier alpha value is -5.25. The maximum Gasteiger partial charge on any atom is 0.229 e. The second kappa shape index (κ2) is 13.6. The molecular weight excluding hydrogens is 588 g/mol. The van der Waals surface area contributed by atoms with E-state index in [1.807, 2.05) is 54.6 Å². The van der Waals surface area contributed by atoms with Crippen LogP contribution in [0.3, 0.4) is 0 Å². The van der Waals surface area contributed by atoms with E-state index in [1.54, 1.807) is 0 Å².